The van der Waals surface area contributed by atoms with Crippen molar-refractivity contribution in [1.29, 1.82) is 0 Å². The molecule has 0 bridgehead atoms. The second-order valence-electron chi connectivity index (χ2n) is 6.94. The maximum atomic E-state index is 12.9. The number of anilines is 1. The van der Waals surface area contributed by atoms with Gasteiger partial charge in [-0.15, -0.1) is 0 Å². The van der Waals surface area contributed by atoms with Crippen molar-refractivity contribution in [2.45, 2.75) is 4.90 Å². The highest BCUT2D eigenvalue weighted by molar-refractivity contribution is 7.92. The lowest BCUT2D eigenvalue weighted by Crippen LogP contribution is -2.17. The van der Waals surface area contributed by atoms with Gasteiger partial charge in [0.15, 0.2) is 6.61 Å². The molecule has 0 aliphatic carbocycles. The van der Waals surface area contributed by atoms with Gasteiger partial charge in [0.05, 0.1) is 41.1 Å². The van der Waals surface area contributed by atoms with Crippen molar-refractivity contribution < 1.29 is 32.2 Å². The van der Waals surface area contributed by atoms with E-state index in [1.807, 2.05) is 0 Å². The largest absolute Gasteiger partial charge is 0.497 e. The second kappa shape index (κ2) is 11.2. The molecule has 35 heavy (non-hydrogen) atoms. The van der Waals surface area contributed by atoms with Crippen molar-refractivity contribution in [3.05, 3.63) is 80.8 Å². The number of rotatable bonds is 9. The third-order valence-electron chi connectivity index (χ3n) is 4.67. The fraction of sp³-hybridized carbons (Fsp3) is 0.130. The Balaban J connectivity index is 1.80. The molecule has 8 nitrogen and oxygen atoms in total. The highest BCUT2D eigenvalue weighted by atomic mass is 35.5. The van der Waals surface area contributed by atoms with Crippen LogP contribution in [0, 0.1) is 0 Å². The average Bonchev–Trinajstić information content (AvgIpc) is 2.84. The predicted molar refractivity (Wildman–Crippen MR) is 133 cm³/mol. The van der Waals surface area contributed by atoms with Gasteiger partial charge in [-0.1, -0.05) is 34.8 Å². The normalized spacial score (nSPS) is 11.0. The van der Waals surface area contributed by atoms with Gasteiger partial charge in [-0.2, -0.15) is 0 Å². The van der Waals surface area contributed by atoms with Crippen LogP contribution < -0.4 is 14.2 Å². The van der Waals surface area contributed by atoms with Crippen molar-refractivity contribution >= 4 is 62.3 Å². The molecule has 184 valence electrons. The summed E-state index contributed by atoms with van der Waals surface area (Å²) >= 11 is 18.0. The Bertz CT molecular complexity index is 1390. The highest BCUT2D eigenvalue weighted by Crippen LogP contribution is 2.30. The van der Waals surface area contributed by atoms with Crippen LogP contribution in [0.2, 0.25) is 15.1 Å². The number of hydrogen-bond acceptors (Lipinski definition) is 7. The first kappa shape index (κ1) is 26.6. The number of Topliss-reactive ketones (excluding diaryl/α,β-unsaturated/α-hetero) is 1. The van der Waals surface area contributed by atoms with Gasteiger partial charge in [0.25, 0.3) is 10.0 Å². The van der Waals surface area contributed by atoms with E-state index in [0.29, 0.717) is 5.75 Å². The molecule has 0 saturated carbocycles. The summed E-state index contributed by atoms with van der Waals surface area (Å²) in [6.07, 6.45) is 0. The molecule has 0 saturated heterocycles. The second-order valence-corrected chi connectivity index (χ2v) is 9.84. The standard InChI is InChI=1S/C23H18Cl3NO7S/c1-32-15-5-8-21(33-2)16(11-15)20(28)12-34-23(29)13-3-6-18(26)22(9-13)35(30,31)27-19-10-14(24)4-7-17(19)25/h3-11,27H,12H2,1-2H3. The van der Waals surface area contributed by atoms with Crippen LogP contribution in [-0.2, 0) is 14.8 Å². The number of hydrogen-bond donors (Lipinski definition) is 1. The summed E-state index contributed by atoms with van der Waals surface area (Å²) in [5.74, 6) is -0.792. The van der Waals surface area contributed by atoms with Gasteiger partial charge in [0, 0.05) is 5.02 Å². The summed E-state index contributed by atoms with van der Waals surface area (Å²) in [6.45, 7) is -0.622. The SMILES string of the molecule is COc1ccc(OC)c(C(=O)COC(=O)c2ccc(Cl)c(S(=O)(=O)Nc3cc(Cl)ccc3Cl)c2)c1. The molecule has 0 amide bonds. The van der Waals surface area contributed by atoms with E-state index < -0.39 is 33.3 Å². The summed E-state index contributed by atoms with van der Waals surface area (Å²) in [4.78, 5) is 24.8. The van der Waals surface area contributed by atoms with Crippen molar-refractivity contribution in [3.63, 3.8) is 0 Å². The summed E-state index contributed by atoms with van der Waals surface area (Å²) < 4.78 is 43.5. The van der Waals surface area contributed by atoms with Gasteiger partial charge in [-0.25, -0.2) is 13.2 Å². The molecule has 3 rings (SSSR count). The Morgan fingerprint density at radius 2 is 1.60 bits per heavy atom. The maximum Gasteiger partial charge on any atom is 0.338 e. The lowest BCUT2D eigenvalue weighted by Gasteiger charge is -2.13. The van der Waals surface area contributed by atoms with Crippen molar-refractivity contribution in [1.82, 2.24) is 0 Å². The van der Waals surface area contributed by atoms with Gasteiger partial charge >= 0.3 is 5.97 Å². The van der Waals surface area contributed by atoms with E-state index in [2.05, 4.69) is 4.72 Å². The number of benzene rings is 3. The van der Waals surface area contributed by atoms with Crippen LogP contribution in [0.1, 0.15) is 20.7 Å². The topological polar surface area (TPSA) is 108 Å². The van der Waals surface area contributed by atoms with Crippen LogP contribution in [0.25, 0.3) is 0 Å². The van der Waals surface area contributed by atoms with E-state index >= 15 is 0 Å². The molecule has 0 radical (unpaired) electrons. The number of carbonyl (C=O) groups excluding carboxylic acids is 2. The van der Waals surface area contributed by atoms with Gasteiger partial charge in [-0.3, -0.25) is 9.52 Å². The van der Waals surface area contributed by atoms with Gasteiger partial charge in [0.2, 0.25) is 5.78 Å². The first-order valence-corrected chi connectivity index (χ1v) is 12.4. The molecule has 1 N–H and O–H groups in total. The number of carbonyl (C=O) groups is 2. The highest BCUT2D eigenvalue weighted by Gasteiger charge is 2.23. The minimum Gasteiger partial charge on any atom is -0.497 e. The smallest absolute Gasteiger partial charge is 0.338 e. The van der Waals surface area contributed by atoms with Gasteiger partial charge in [-0.05, 0) is 54.6 Å². The van der Waals surface area contributed by atoms with Crippen LogP contribution in [0.3, 0.4) is 0 Å². The first-order valence-electron chi connectivity index (χ1n) is 9.75. The number of methoxy groups -OCH3 is 2. The van der Waals surface area contributed by atoms with Crippen molar-refractivity contribution in [2.24, 2.45) is 0 Å². The van der Waals surface area contributed by atoms with E-state index in [1.165, 1.54) is 50.6 Å². The number of esters is 1. The molecule has 12 heteroatoms. The number of sulfonamides is 1. The van der Waals surface area contributed by atoms with Crippen LogP contribution in [-0.4, -0.2) is 41.0 Å². The Kier molecular flexibility index (Phi) is 8.50. The Morgan fingerprint density at radius 3 is 2.29 bits per heavy atom. The molecular formula is C23H18Cl3NO7S. The lowest BCUT2D eigenvalue weighted by molar-refractivity contribution is 0.0473. The maximum absolute atomic E-state index is 12.9. The van der Waals surface area contributed by atoms with Gasteiger partial charge < -0.3 is 14.2 Å². The number of ether oxygens (including phenoxy) is 3. The molecule has 0 aromatic heterocycles. The zero-order valence-electron chi connectivity index (χ0n) is 18.3. The van der Waals surface area contributed by atoms with E-state index in [9.17, 15) is 18.0 Å². The Morgan fingerprint density at radius 1 is 0.886 bits per heavy atom. The van der Waals surface area contributed by atoms with Crippen LogP contribution >= 0.6 is 34.8 Å². The van der Waals surface area contributed by atoms with Gasteiger partial charge in [0.1, 0.15) is 16.4 Å². The van der Waals surface area contributed by atoms with Crippen molar-refractivity contribution in [2.75, 3.05) is 25.5 Å². The molecule has 0 fully saturated rings. The van der Waals surface area contributed by atoms with Crippen molar-refractivity contribution in [3.8, 4) is 11.5 Å². The van der Waals surface area contributed by atoms with Crippen LogP contribution in [0.15, 0.2) is 59.5 Å². The number of nitrogens with one attached hydrogen (secondary N) is 1. The Labute approximate surface area is 216 Å². The first-order chi connectivity index (χ1) is 16.6. The average molecular weight is 559 g/mol. The lowest BCUT2D eigenvalue weighted by atomic mass is 10.1. The molecule has 0 unspecified atom stereocenters. The fourth-order valence-corrected chi connectivity index (χ4v) is 4.93. The zero-order valence-corrected chi connectivity index (χ0v) is 21.4. The molecule has 0 aliphatic rings. The molecule has 3 aromatic rings. The van der Waals surface area contributed by atoms with Crippen LogP contribution in [0.4, 0.5) is 5.69 Å². The summed E-state index contributed by atoms with van der Waals surface area (Å²) in [5, 5.41) is 0.216. The minimum atomic E-state index is -4.26. The number of halogens is 3. The molecular weight excluding hydrogens is 541 g/mol. The fourth-order valence-electron chi connectivity index (χ4n) is 2.94. The van der Waals surface area contributed by atoms with E-state index in [-0.39, 0.29) is 37.6 Å². The zero-order chi connectivity index (χ0) is 25.8. The quantitative estimate of drug-likeness (QED) is 0.273. The predicted octanol–water partition coefficient (Wildman–Crippen LogP) is 5.50. The third-order valence-corrected chi connectivity index (χ3v) is 7.08. The van der Waals surface area contributed by atoms with E-state index in [0.717, 1.165) is 6.07 Å². The summed E-state index contributed by atoms with van der Waals surface area (Å²) in [5.41, 5.74) is 0.0417. The Hall–Kier alpha value is -2.98. The monoisotopic (exact) mass is 557 g/mol. The van der Waals surface area contributed by atoms with E-state index in [4.69, 9.17) is 49.0 Å². The minimum absolute atomic E-state index is 0.0287. The molecule has 0 atom stereocenters. The molecule has 0 heterocycles. The molecule has 0 aliphatic heterocycles. The van der Waals surface area contributed by atoms with E-state index in [1.54, 1.807) is 12.1 Å². The number of ketones is 1. The third kappa shape index (κ3) is 6.37. The molecule has 3 aromatic carbocycles. The molecule has 0 spiro atoms. The van der Waals surface area contributed by atoms with Crippen LogP contribution in [0.5, 0.6) is 11.5 Å². The summed E-state index contributed by atoms with van der Waals surface area (Å²) in [7, 11) is -1.42. The summed E-state index contributed by atoms with van der Waals surface area (Å²) in [6, 6.07) is 12.4.